The molecule has 0 radical (unpaired) electrons. The van der Waals surface area contributed by atoms with E-state index >= 15 is 0 Å². The highest BCUT2D eigenvalue weighted by atomic mass is 32.2. The zero-order chi connectivity index (χ0) is 18.0. The number of hydrogen-bond donors (Lipinski definition) is 0. The second-order valence-electron chi connectivity index (χ2n) is 5.28. The summed E-state index contributed by atoms with van der Waals surface area (Å²) >= 11 is 1.23. The topological polar surface area (TPSA) is 80.5 Å². The first kappa shape index (κ1) is 16.9. The van der Waals surface area contributed by atoms with Gasteiger partial charge in [-0.15, -0.1) is 0 Å². The Balaban J connectivity index is 2.07. The van der Waals surface area contributed by atoms with Crippen molar-refractivity contribution in [2.75, 3.05) is 6.54 Å². The summed E-state index contributed by atoms with van der Waals surface area (Å²) in [6, 6.07) is 15.0. The van der Waals surface area contributed by atoms with Crippen LogP contribution in [0.5, 0.6) is 0 Å². The summed E-state index contributed by atoms with van der Waals surface area (Å²) in [5.41, 5.74) is 0.722. The molecule has 0 unspecified atom stereocenters. The Morgan fingerprint density at radius 2 is 1.64 bits per heavy atom. The molecule has 1 aliphatic heterocycles. The van der Waals surface area contributed by atoms with E-state index in [4.69, 9.17) is 0 Å². The highest BCUT2D eigenvalue weighted by Crippen LogP contribution is 2.39. The number of imide groups is 1. The zero-order valence-electron chi connectivity index (χ0n) is 13.3. The van der Waals surface area contributed by atoms with Crippen molar-refractivity contribution in [2.45, 2.75) is 11.8 Å². The first-order valence-corrected chi connectivity index (χ1v) is 8.42. The summed E-state index contributed by atoms with van der Waals surface area (Å²) in [5.74, 6) is -0.713. The molecule has 2 amide bonds. The van der Waals surface area contributed by atoms with Crippen LogP contribution in [0.25, 0.3) is 5.57 Å². The SMILES string of the molecule is CCN1C(=O)C(Sc2ccccc2)=C(c2ccc([N+](=O)[O-])cc2)C1=O. The normalized spacial score (nSPS) is 14.4. The van der Waals surface area contributed by atoms with Crippen LogP contribution in [0.3, 0.4) is 0 Å². The molecule has 1 aliphatic rings. The average Bonchev–Trinajstić information content (AvgIpc) is 2.85. The van der Waals surface area contributed by atoms with E-state index < -0.39 is 4.92 Å². The summed E-state index contributed by atoms with van der Waals surface area (Å²) in [4.78, 5) is 38.0. The van der Waals surface area contributed by atoms with Crippen molar-refractivity contribution >= 4 is 34.8 Å². The monoisotopic (exact) mass is 354 g/mol. The van der Waals surface area contributed by atoms with E-state index in [0.717, 1.165) is 4.90 Å². The number of benzene rings is 2. The van der Waals surface area contributed by atoms with Crippen molar-refractivity contribution in [1.82, 2.24) is 4.90 Å². The number of amides is 2. The predicted octanol–water partition coefficient (Wildman–Crippen LogP) is 3.49. The molecule has 126 valence electrons. The van der Waals surface area contributed by atoms with Gasteiger partial charge in [0, 0.05) is 23.6 Å². The molecular weight excluding hydrogens is 340 g/mol. The third kappa shape index (κ3) is 3.18. The summed E-state index contributed by atoms with van der Waals surface area (Å²) in [6.45, 7) is 2.01. The number of nitrogens with zero attached hydrogens (tertiary/aromatic N) is 2. The maximum Gasteiger partial charge on any atom is 0.269 e. The van der Waals surface area contributed by atoms with Crippen molar-refractivity contribution in [1.29, 1.82) is 0 Å². The van der Waals surface area contributed by atoms with Gasteiger partial charge in [-0.25, -0.2) is 0 Å². The fourth-order valence-electron chi connectivity index (χ4n) is 2.55. The second-order valence-corrected chi connectivity index (χ2v) is 6.36. The van der Waals surface area contributed by atoms with Crippen LogP contribution < -0.4 is 0 Å². The Kier molecular flexibility index (Phi) is 4.67. The number of non-ortho nitro benzene ring substituents is 1. The van der Waals surface area contributed by atoms with Crippen LogP contribution in [-0.4, -0.2) is 28.2 Å². The van der Waals surface area contributed by atoms with Crippen LogP contribution >= 0.6 is 11.8 Å². The highest BCUT2D eigenvalue weighted by Gasteiger charge is 2.38. The third-order valence-electron chi connectivity index (χ3n) is 3.77. The van der Waals surface area contributed by atoms with Crippen LogP contribution in [-0.2, 0) is 9.59 Å². The molecule has 6 nitrogen and oxygen atoms in total. The number of likely N-dealkylation sites (N-methyl/N-ethyl adjacent to an activating group) is 1. The molecule has 25 heavy (non-hydrogen) atoms. The molecule has 0 saturated carbocycles. The van der Waals surface area contributed by atoms with E-state index in [1.807, 2.05) is 30.3 Å². The van der Waals surface area contributed by atoms with Gasteiger partial charge in [-0.2, -0.15) is 0 Å². The average molecular weight is 354 g/mol. The van der Waals surface area contributed by atoms with Gasteiger partial charge >= 0.3 is 0 Å². The lowest BCUT2D eigenvalue weighted by Gasteiger charge is -2.11. The molecule has 3 rings (SSSR count). The van der Waals surface area contributed by atoms with Gasteiger partial charge in [0.25, 0.3) is 17.5 Å². The molecule has 0 saturated heterocycles. The van der Waals surface area contributed by atoms with Gasteiger partial charge in [0.15, 0.2) is 0 Å². The quantitative estimate of drug-likeness (QED) is 0.466. The molecule has 2 aromatic rings. The Morgan fingerprint density at radius 1 is 1.00 bits per heavy atom. The molecule has 0 bridgehead atoms. The van der Waals surface area contributed by atoms with E-state index in [1.54, 1.807) is 6.92 Å². The Morgan fingerprint density at radius 3 is 2.20 bits per heavy atom. The van der Waals surface area contributed by atoms with Crippen LogP contribution in [0, 0.1) is 10.1 Å². The molecule has 0 atom stereocenters. The maximum atomic E-state index is 12.7. The molecule has 0 N–H and O–H groups in total. The van der Waals surface area contributed by atoms with Gasteiger partial charge < -0.3 is 0 Å². The first-order valence-electron chi connectivity index (χ1n) is 7.61. The third-order valence-corrected chi connectivity index (χ3v) is 4.86. The van der Waals surface area contributed by atoms with E-state index in [0.29, 0.717) is 10.5 Å². The van der Waals surface area contributed by atoms with Crippen LogP contribution in [0.15, 0.2) is 64.4 Å². The smallest absolute Gasteiger partial charge is 0.269 e. The Hall–Kier alpha value is -2.93. The van der Waals surface area contributed by atoms with E-state index in [1.165, 1.54) is 40.9 Å². The molecule has 2 aromatic carbocycles. The summed E-state index contributed by atoms with van der Waals surface area (Å²) < 4.78 is 0. The zero-order valence-corrected chi connectivity index (χ0v) is 14.2. The Bertz CT molecular complexity index is 876. The van der Waals surface area contributed by atoms with Gasteiger partial charge in [0.1, 0.15) is 0 Å². The highest BCUT2D eigenvalue weighted by molar-refractivity contribution is 8.04. The van der Waals surface area contributed by atoms with Crippen LogP contribution in [0.2, 0.25) is 0 Å². The van der Waals surface area contributed by atoms with E-state index in [9.17, 15) is 19.7 Å². The number of carbonyl (C=O) groups is 2. The van der Waals surface area contributed by atoms with Crippen molar-refractivity contribution in [3.63, 3.8) is 0 Å². The summed E-state index contributed by atoms with van der Waals surface area (Å²) in [6.07, 6.45) is 0. The first-order chi connectivity index (χ1) is 12.0. The van der Waals surface area contributed by atoms with Gasteiger partial charge in [-0.1, -0.05) is 30.0 Å². The summed E-state index contributed by atoms with van der Waals surface area (Å²) in [5, 5.41) is 10.8. The molecular formula is C18H14N2O4S. The minimum Gasteiger partial charge on any atom is -0.274 e. The summed E-state index contributed by atoms with van der Waals surface area (Å²) in [7, 11) is 0. The predicted molar refractivity (Wildman–Crippen MR) is 94.7 cm³/mol. The molecule has 0 aromatic heterocycles. The second kappa shape index (κ2) is 6.90. The van der Waals surface area contributed by atoms with E-state index in [2.05, 4.69) is 0 Å². The fraction of sp³-hybridized carbons (Fsp3) is 0.111. The van der Waals surface area contributed by atoms with Crippen molar-refractivity contribution in [3.05, 3.63) is 75.2 Å². The van der Waals surface area contributed by atoms with Gasteiger partial charge in [-0.3, -0.25) is 24.6 Å². The lowest BCUT2D eigenvalue weighted by atomic mass is 10.1. The van der Waals surface area contributed by atoms with E-state index in [-0.39, 0.29) is 29.6 Å². The lowest BCUT2D eigenvalue weighted by molar-refractivity contribution is -0.384. The minimum atomic E-state index is -0.502. The van der Waals surface area contributed by atoms with Crippen molar-refractivity contribution < 1.29 is 14.5 Å². The van der Waals surface area contributed by atoms with Gasteiger partial charge in [0.2, 0.25) is 0 Å². The molecule has 7 heteroatoms. The fourth-order valence-corrected chi connectivity index (χ4v) is 3.58. The number of nitro benzene ring substituents is 1. The number of hydrogen-bond acceptors (Lipinski definition) is 5. The number of thioether (sulfide) groups is 1. The maximum absolute atomic E-state index is 12.7. The Labute approximate surface area is 148 Å². The minimum absolute atomic E-state index is 0.0641. The largest absolute Gasteiger partial charge is 0.274 e. The number of rotatable bonds is 5. The molecule has 1 heterocycles. The molecule has 0 spiro atoms. The van der Waals surface area contributed by atoms with Crippen molar-refractivity contribution in [2.24, 2.45) is 0 Å². The molecule has 0 aliphatic carbocycles. The van der Waals surface area contributed by atoms with Gasteiger partial charge in [0.05, 0.1) is 15.4 Å². The molecule has 0 fully saturated rings. The lowest BCUT2D eigenvalue weighted by Crippen LogP contribution is -2.31. The van der Waals surface area contributed by atoms with Crippen LogP contribution in [0.4, 0.5) is 5.69 Å². The van der Waals surface area contributed by atoms with Crippen LogP contribution in [0.1, 0.15) is 12.5 Å². The van der Waals surface area contributed by atoms with Crippen molar-refractivity contribution in [3.8, 4) is 0 Å². The van der Waals surface area contributed by atoms with Gasteiger partial charge in [-0.05, 0) is 36.8 Å². The number of nitro groups is 1. The number of carbonyl (C=O) groups excluding carboxylic acids is 2. The standard InChI is InChI=1S/C18H14N2O4S/c1-2-19-17(21)15(12-8-10-13(11-9-12)20(23)24)16(18(19)22)25-14-6-4-3-5-7-14/h3-11H,2H2,1H3.